The summed E-state index contributed by atoms with van der Waals surface area (Å²) in [4.78, 5) is 12.0. The van der Waals surface area contributed by atoms with Gasteiger partial charge in [-0.15, -0.1) is 0 Å². The molecule has 1 aromatic rings. The summed E-state index contributed by atoms with van der Waals surface area (Å²) in [6.07, 6.45) is 1.69. The number of amidine groups is 1. The quantitative estimate of drug-likeness (QED) is 0.817. The number of rotatable bonds is 3. The van der Waals surface area contributed by atoms with E-state index in [1.54, 1.807) is 38.5 Å². The van der Waals surface area contributed by atoms with Gasteiger partial charge in [0.2, 0.25) is 0 Å². The number of hydrogen-bond donors (Lipinski definition) is 2. The molecule has 0 atom stereocenters. The number of amides is 1. The van der Waals surface area contributed by atoms with Gasteiger partial charge in [-0.1, -0.05) is 0 Å². The first-order valence-corrected chi connectivity index (χ1v) is 5.97. The summed E-state index contributed by atoms with van der Waals surface area (Å²) in [6, 6.07) is 5.34. The Balaban J connectivity index is 2.37. The second-order valence-corrected chi connectivity index (χ2v) is 4.55. The third kappa shape index (κ3) is 2.48. The van der Waals surface area contributed by atoms with Crippen LogP contribution in [0.15, 0.2) is 23.1 Å². The minimum atomic E-state index is -0.261. The summed E-state index contributed by atoms with van der Waals surface area (Å²) in [5.74, 6) is 1.04. The lowest BCUT2D eigenvalue weighted by molar-refractivity contribution is -0.115. The molecule has 1 saturated heterocycles. The maximum absolute atomic E-state index is 11.5. The molecular weight excluding hydrogens is 252 g/mol. The molecule has 0 saturated carbocycles. The summed E-state index contributed by atoms with van der Waals surface area (Å²) < 4.78 is 10.3. The maximum Gasteiger partial charge on any atom is 0.264 e. The number of carbonyl (C=O) groups excluding carboxylic acids is 1. The van der Waals surface area contributed by atoms with Crippen molar-refractivity contribution in [3.05, 3.63) is 28.7 Å². The molecule has 1 amide bonds. The van der Waals surface area contributed by atoms with Crippen LogP contribution >= 0.6 is 11.8 Å². The number of ether oxygens (including phenoxy) is 2. The summed E-state index contributed by atoms with van der Waals surface area (Å²) in [6.45, 7) is 0. The van der Waals surface area contributed by atoms with Gasteiger partial charge in [0, 0.05) is 11.6 Å². The van der Waals surface area contributed by atoms with E-state index in [2.05, 4.69) is 5.32 Å². The van der Waals surface area contributed by atoms with Gasteiger partial charge in [-0.2, -0.15) is 0 Å². The fourth-order valence-electron chi connectivity index (χ4n) is 1.52. The molecule has 1 fully saturated rings. The van der Waals surface area contributed by atoms with Crippen molar-refractivity contribution in [2.45, 2.75) is 0 Å². The Morgan fingerprint density at radius 2 is 2.11 bits per heavy atom. The van der Waals surface area contributed by atoms with Gasteiger partial charge in [-0.05, 0) is 30.0 Å². The second kappa shape index (κ2) is 5.14. The third-order valence-electron chi connectivity index (χ3n) is 2.39. The van der Waals surface area contributed by atoms with Crippen molar-refractivity contribution in [1.82, 2.24) is 5.32 Å². The lowest BCUT2D eigenvalue weighted by atomic mass is 10.1. The van der Waals surface area contributed by atoms with E-state index < -0.39 is 0 Å². The Bertz CT molecular complexity index is 540. The van der Waals surface area contributed by atoms with Gasteiger partial charge in [0.25, 0.3) is 5.91 Å². The van der Waals surface area contributed by atoms with Gasteiger partial charge in [0.1, 0.15) is 11.5 Å². The van der Waals surface area contributed by atoms with Crippen molar-refractivity contribution >= 4 is 28.9 Å². The highest BCUT2D eigenvalue weighted by Crippen LogP contribution is 2.30. The Hall–Kier alpha value is -1.95. The Morgan fingerprint density at radius 1 is 1.33 bits per heavy atom. The van der Waals surface area contributed by atoms with Crippen molar-refractivity contribution in [2.75, 3.05) is 14.2 Å². The van der Waals surface area contributed by atoms with E-state index in [1.165, 1.54) is 0 Å². The molecule has 0 aromatic heterocycles. The largest absolute Gasteiger partial charge is 0.497 e. The molecule has 0 bridgehead atoms. The van der Waals surface area contributed by atoms with Crippen LogP contribution in [0.1, 0.15) is 5.56 Å². The fraction of sp³-hybridized carbons (Fsp3) is 0.167. The average molecular weight is 264 g/mol. The number of hydrogen-bond acceptors (Lipinski definition) is 5. The predicted octanol–water partition coefficient (Wildman–Crippen LogP) is 1.84. The van der Waals surface area contributed by atoms with E-state index in [1.807, 2.05) is 0 Å². The molecule has 2 N–H and O–H groups in total. The zero-order chi connectivity index (χ0) is 13.1. The first kappa shape index (κ1) is 12.5. The molecule has 0 aliphatic carbocycles. The van der Waals surface area contributed by atoms with E-state index in [4.69, 9.17) is 14.9 Å². The lowest BCUT2D eigenvalue weighted by Crippen LogP contribution is -2.18. The van der Waals surface area contributed by atoms with E-state index >= 15 is 0 Å². The monoisotopic (exact) mass is 264 g/mol. The third-order valence-corrected chi connectivity index (χ3v) is 3.22. The molecule has 1 aliphatic rings. The Labute approximate surface area is 109 Å². The number of methoxy groups -OCH3 is 2. The number of nitrogens with one attached hydrogen (secondary N) is 2. The van der Waals surface area contributed by atoms with Crippen LogP contribution in [-0.2, 0) is 4.79 Å². The molecule has 94 valence electrons. The molecule has 2 rings (SSSR count). The highest BCUT2D eigenvalue weighted by Gasteiger charge is 2.22. The van der Waals surface area contributed by atoms with Crippen LogP contribution in [0.3, 0.4) is 0 Å². The normalized spacial score (nSPS) is 16.9. The Morgan fingerprint density at radius 3 is 2.67 bits per heavy atom. The SMILES string of the molecule is COc1ccc(C=C2SC(=N)NC2=O)c(OC)c1. The van der Waals surface area contributed by atoms with Crippen molar-refractivity contribution in [2.24, 2.45) is 0 Å². The lowest BCUT2D eigenvalue weighted by Gasteiger charge is -2.07. The molecule has 1 aliphatic heterocycles. The molecule has 0 radical (unpaired) electrons. The van der Waals surface area contributed by atoms with E-state index in [0.717, 1.165) is 17.3 Å². The molecule has 1 heterocycles. The van der Waals surface area contributed by atoms with Gasteiger partial charge in [0.05, 0.1) is 19.1 Å². The van der Waals surface area contributed by atoms with Gasteiger partial charge >= 0.3 is 0 Å². The summed E-state index contributed by atoms with van der Waals surface area (Å²) in [5.41, 5.74) is 0.769. The summed E-state index contributed by atoms with van der Waals surface area (Å²) in [7, 11) is 3.13. The van der Waals surface area contributed by atoms with Crippen LogP contribution in [0.25, 0.3) is 6.08 Å². The standard InChI is InChI=1S/C12H12N2O3S/c1-16-8-4-3-7(9(6-8)17-2)5-10-11(15)14-12(13)18-10/h3-6H,1-2H3,(H2,13,14,15). The maximum atomic E-state index is 11.5. The van der Waals surface area contributed by atoms with Crippen molar-refractivity contribution < 1.29 is 14.3 Å². The number of benzene rings is 1. The van der Waals surface area contributed by atoms with Gasteiger partial charge in [0.15, 0.2) is 5.17 Å². The van der Waals surface area contributed by atoms with Gasteiger partial charge in [-0.3, -0.25) is 10.2 Å². The molecule has 5 nitrogen and oxygen atoms in total. The number of thioether (sulfide) groups is 1. The van der Waals surface area contributed by atoms with E-state index in [-0.39, 0.29) is 11.1 Å². The zero-order valence-electron chi connectivity index (χ0n) is 9.94. The van der Waals surface area contributed by atoms with E-state index in [9.17, 15) is 4.79 Å². The van der Waals surface area contributed by atoms with Crippen molar-refractivity contribution in [3.63, 3.8) is 0 Å². The highest BCUT2D eigenvalue weighted by molar-refractivity contribution is 8.18. The van der Waals surface area contributed by atoms with Crippen LogP contribution in [0.5, 0.6) is 11.5 Å². The van der Waals surface area contributed by atoms with Crippen LogP contribution in [0, 0.1) is 5.41 Å². The second-order valence-electron chi connectivity index (χ2n) is 3.50. The zero-order valence-corrected chi connectivity index (χ0v) is 10.8. The highest BCUT2D eigenvalue weighted by atomic mass is 32.2. The molecule has 1 aromatic carbocycles. The van der Waals surface area contributed by atoms with E-state index in [0.29, 0.717) is 16.4 Å². The minimum absolute atomic E-state index is 0.138. The first-order valence-electron chi connectivity index (χ1n) is 5.15. The first-order chi connectivity index (χ1) is 8.63. The van der Waals surface area contributed by atoms with Gasteiger partial charge < -0.3 is 14.8 Å². The molecule has 6 heteroatoms. The Kier molecular flexibility index (Phi) is 3.57. The topological polar surface area (TPSA) is 71.4 Å². The van der Waals surface area contributed by atoms with Crippen LogP contribution < -0.4 is 14.8 Å². The van der Waals surface area contributed by atoms with Crippen molar-refractivity contribution in [3.8, 4) is 11.5 Å². The van der Waals surface area contributed by atoms with Crippen LogP contribution in [0.4, 0.5) is 0 Å². The molecule has 0 spiro atoms. The molecule has 18 heavy (non-hydrogen) atoms. The molecule has 0 unspecified atom stereocenters. The van der Waals surface area contributed by atoms with Crippen LogP contribution in [0.2, 0.25) is 0 Å². The minimum Gasteiger partial charge on any atom is -0.497 e. The van der Waals surface area contributed by atoms with Crippen LogP contribution in [-0.4, -0.2) is 25.3 Å². The average Bonchev–Trinajstić information content (AvgIpc) is 2.68. The number of carbonyl (C=O) groups is 1. The predicted molar refractivity (Wildman–Crippen MR) is 71.0 cm³/mol. The molecular formula is C12H12N2O3S. The summed E-state index contributed by atoms with van der Waals surface area (Å²) >= 11 is 1.09. The fourth-order valence-corrected chi connectivity index (χ4v) is 2.21. The smallest absolute Gasteiger partial charge is 0.264 e. The summed E-state index contributed by atoms with van der Waals surface area (Å²) in [5, 5.41) is 9.94. The van der Waals surface area contributed by atoms with Crippen molar-refractivity contribution in [1.29, 1.82) is 5.41 Å². The van der Waals surface area contributed by atoms with Gasteiger partial charge in [-0.25, -0.2) is 0 Å².